The smallest absolute Gasteiger partial charge is 0.339 e. The molecule has 0 unspecified atom stereocenters. The summed E-state index contributed by atoms with van der Waals surface area (Å²) in [5.41, 5.74) is -0.299. The molecule has 1 aromatic rings. The molecular weight excluding hydrogens is 420 g/mol. The minimum absolute atomic E-state index is 0.0208. The number of carboxylic acids is 1. The van der Waals surface area contributed by atoms with Crippen LogP contribution >= 0.6 is 27.5 Å². The van der Waals surface area contributed by atoms with Crippen molar-refractivity contribution in [3.63, 3.8) is 0 Å². The van der Waals surface area contributed by atoms with Crippen molar-refractivity contribution in [1.82, 2.24) is 4.90 Å². The Balaban J connectivity index is 2.53. The van der Waals surface area contributed by atoms with Crippen LogP contribution in [-0.4, -0.2) is 59.8 Å². The van der Waals surface area contributed by atoms with E-state index in [1.807, 2.05) is 0 Å². The molecule has 0 aliphatic carbocycles. The van der Waals surface area contributed by atoms with Crippen LogP contribution in [0.3, 0.4) is 0 Å². The van der Waals surface area contributed by atoms with E-state index in [1.165, 1.54) is 24.1 Å². The number of nitrogens with zero attached hydrogens (tertiary/aromatic N) is 1. The van der Waals surface area contributed by atoms with Crippen LogP contribution in [0.2, 0.25) is 5.02 Å². The lowest BCUT2D eigenvalue weighted by Crippen LogP contribution is -2.31. The maximum absolute atomic E-state index is 12.5. The van der Waals surface area contributed by atoms with Gasteiger partial charge in [-0.3, -0.25) is 4.79 Å². The lowest BCUT2D eigenvalue weighted by molar-refractivity contribution is -0.136. The maximum Gasteiger partial charge on any atom is 0.339 e. The molecule has 0 saturated heterocycles. The number of carboxylic acid groups (broad SMARTS) is 1. The molecule has 1 aromatic carbocycles. The molecule has 8 nitrogen and oxygen atoms in total. The van der Waals surface area contributed by atoms with Gasteiger partial charge in [-0.25, -0.2) is 9.59 Å². The minimum atomic E-state index is -1.30. The highest BCUT2D eigenvalue weighted by Crippen LogP contribution is 2.34. The van der Waals surface area contributed by atoms with Crippen LogP contribution in [0.25, 0.3) is 0 Å². The summed E-state index contributed by atoms with van der Waals surface area (Å²) >= 11 is 9.15. The van der Waals surface area contributed by atoms with Gasteiger partial charge in [0, 0.05) is 11.0 Å². The molecule has 0 radical (unpaired) electrons. The summed E-state index contributed by atoms with van der Waals surface area (Å²) in [6.45, 7) is -0.323. The van der Waals surface area contributed by atoms with Crippen LogP contribution in [0.15, 0.2) is 27.9 Å². The van der Waals surface area contributed by atoms with Gasteiger partial charge < -0.3 is 25.2 Å². The summed E-state index contributed by atoms with van der Waals surface area (Å²) in [4.78, 5) is 37.2. The van der Waals surface area contributed by atoms with Crippen molar-refractivity contribution in [2.24, 2.45) is 0 Å². The average molecular weight is 434 g/mol. The average Bonchev–Trinajstić information content (AvgIpc) is 2.87. The van der Waals surface area contributed by atoms with Crippen molar-refractivity contribution in [2.45, 2.75) is 0 Å². The fraction of sp³-hybridized carbons (Fsp3) is 0.267. The lowest BCUT2D eigenvalue weighted by atomic mass is 10.1. The second-order valence-electron chi connectivity index (χ2n) is 5.00. The predicted octanol–water partition coefficient (Wildman–Crippen LogP) is 1.47. The van der Waals surface area contributed by atoms with Gasteiger partial charge in [-0.05, 0) is 28.1 Å². The van der Waals surface area contributed by atoms with Crippen molar-refractivity contribution >= 4 is 51.1 Å². The first-order valence-electron chi connectivity index (χ1n) is 7.01. The molecule has 1 heterocycles. The second kappa shape index (κ2) is 7.85. The maximum atomic E-state index is 12.5. The normalized spacial score (nSPS) is 14.1. The molecule has 25 heavy (non-hydrogen) atoms. The summed E-state index contributed by atoms with van der Waals surface area (Å²) in [6, 6.07) is 2.91. The first kappa shape index (κ1) is 19.2. The van der Waals surface area contributed by atoms with Gasteiger partial charge in [0.1, 0.15) is 11.3 Å². The number of anilines is 1. The van der Waals surface area contributed by atoms with Gasteiger partial charge in [-0.2, -0.15) is 0 Å². The van der Waals surface area contributed by atoms with E-state index < -0.39 is 17.8 Å². The summed E-state index contributed by atoms with van der Waals surface area (Å²) < 4.78 is 5.02. The number of esters is 1. The van der Waals surface area contributed by atoms with Gasteiger partial charge in [-0.15, -0.1) is 0 Å². The number of amides is 1. The van der Waals surface area contributed by atoms with Crippen LogP contribution in [0, 0.1) is 0 Å². The highest BCUT2D eigenvalue weighted by molar-refractivity contribution is 9.10. The van der Waals surface area contributed by atoms with E-state index in [0.717, 1.165) is 0 Å². The number of methoxy groups -OCH3 is 1. The number of ether oxygens (including phenoxy) is 1. The molecule has 10 heteroatoms. The van der Waals surface area contributed by atoms with E-state index in [-0.39, 0.29) is 47.2 Å². The first-order chi connectivity index (χ1) is 11.8. The fourth-order valence-electron chi connectivity index (χ4n) is 2.36. The Hall–Kier alpha value is -2.10. The van der Waals surface area contributed by atoms with E-state index in [9.17, 15) is 19.5 Å². The molecule has 1 aliphatic rings. The van der Waals surface area contributed by atoms with Crippen LogP contribution < -0.4 is 5.32 Å². The largest absolute Gasteiger partial charge is 0.478 e. The monoisotopic (exact) mass is 432 g/mol. The molecule has 0 aromatic heterocycles. The molecule has 134 valence electrons. The zero-order valence-electron chi connectivity index (χ0n) is 13.0. The van der Waals surface area contributed by atoms with Crippen LogP contribution in [0.4, 0.5) is 5.69 Å². The van der Waals surface area contributed by atoms with Crippen molar-refractivity contribution < 1.29 is 29.3 Å². The number of aliphatic hydroxyl groups is 1. The lowest BCUT2D eigenvalue weighted by Gasteiger charge is -2.16. The van der Waals surface area contributed by atoms with Gasteiger partial charge >= 0.3 is 11.9 Å². The fourth-order valence-corrected chi connectivity index (χ4v) is 3.02. The molecule has 0 saturated carbocycles. The number of carbonyl (C=O) groups excluding carboxylic acids is 2. The molecule has 0 bridgehead atoms. The summed E-state index contributed by atoms with van der Waals surface area (Å²) in [6.07, 6.45) is 0. The van der Waals surface area contributed by atoms with E-state index in [4.69, 9.17) is 16.7 Å². The Kier molecular flexibility index (Phi) is 6.04. The predicted molar refractivity (Wildman–Crippen MR) is 92.4 cm³/mol. The zero-order chi connectivity index (χ0) is 18.7. The number of carbonyl (C=O) groups is 3. The highest BCUT2D eigenvalue weighted by atomic mass is 79.9. The Bertz CT molecular complexity index is 780. The topological polar surface area (TPSA) is 116 Å². The third kappa shape index (κ3) is 3.78. The quantitative estimate of drug-likeness (QED) is 0.582. The molecule has 3 N–H and O–H groups in total. The third-order valence-electron chi connectivity index (χ3n) is 3.52. The number of β-amino-alcohol motifs (C(OH)–C–C–N with tert-alkyl or cyclic N) is 1. The standard InChI is InChI=1S/C15H14BrClN2O6/c1-25-15(24)7-6-19(4-5-20)13(21)11(7)18-12-8(16)2-3-9(17)10(12)14(22)23/h2-3,18,20H,4-6H2,1H3,(H,22,23). The van der Waals surface area contributed by atoms with Crippen molar-refractivity contribution in [2.75, 3.05) is 32.1 Å². The van der Waals surface area contributed by atoms with Gasteiger partial charge in [0.25, 0.3) is 5.91 Å². The molecule has 0 atom stereocenters. The molecule has 0 spiro atoms. The first-order valence-corrected chi connectivity index (χ1v) is 8.18. The van der Waals surface area contributed by atoms with Crippen molar-refractivity contribution in [1.29, 1.82) is 0 Å². The number of aromatic carboxylic acids is 1. The summed E-state index contributed by atoms with van der Waals surface area (Å²) in [7, 11) is 1.17. The van der Waals surface area contributed by atoms with Crippen molar-refractivity contribution in [3.05, 3.63) is 38.5 Å². The van der Waals surface area contributed by atoms with E-state index in [1.54, 1.807) is 0 Å². The van der Waals surface area contributed by atoms with Crippen LogP contribution in [0.1, 0.15) is 10.4 Å². The Morgan fingerprint density at radius 1 is 1.44 bits per heavy atom. The van der Waals surface area contributed by atoms with Gasteiger partial charge in [0.2, 0.25) is 0 Å². The molecule has 2 rings (SSSR count). The molecule has 1 aliphatic heterocycles. The van der Waals surface area contributed by atoms with E-state index in [0.29, 0.717) is 4.47 Å². The molecular formula is C15H14BrClN2O6. The number of hydrogen-bond donors (Lipinski definition) is 3. The Morgan fingerprint density at radius 3 is 2.68 bits per heavy atom. The van der Waals surface area contributed by atoms with Gasteiger partial charge in [0.15, 0.2) is 0 Å². The Morgan fingerprint density at radius 2 is 2.12 bits per heavy atom. The third-order valence-corrected chi connectivity index (χ3v) is 4.50. The molecule has 0 fully saturated rings. The summed E-state index contributed by atoms with van der Waals surface area (Å²) in [5, 5.41) is 21.1. The van der Waals surface area contributed by atoms with Crippen LogP contribution in [-0.2, 0) is 14.3 Å². The van der Waals surface area contributed by atoms with Gasteiger partial charge in [-0.1, -0.05) is 11.6 Å². The highest BCUT2D eigenvalue weighted by Gasteiger charge is 2.35. The number of halogens is 2. The van der Waals surface area contributed by atoms with Crippen molar-refractivity contribution in [3.8, 4) is 0 Å². The summed E-state index contributed by atoms with van der Waals surface area (Å²) in [5.74, 6) is -2.59. The molecule has 1 amide bonds. The second-order valence-corrected chi connectivity index (χ2v) is 6.27. The number of aliphatic hydroxyl groups excluding tert-OH is 1. The van der Waals surface area contributed by atoms with Crippen LogP contribution in [0.5, 0.6) is 0 Å². The van der Waals surface area contributed by atoms with E-state index in [2.05, 4.69) is 26.0 Å². The van der Waals surface area contributed by atoms with E-state index >= 15 is 0 Å². The zero-order valence-corrected chi connectivity index (χ0v) is 15.3. The SMILES string of the molecule is COC(=O)C1=C(Nc2c(Br)ccc(Cl)c2C(=O)O)C(=O)N(CCO)C1. The number of benzene rings is 1. The Labute approximate surface area is 156 Å². The van der Waals surface area contributed by atoms with Gasteiger partial charge in [0.05, 0.1) is 36.5 Å². The number of rotatable bonds is 6. The number of hydrogen-bond acceptors (Lipinski definition) is 6. The minimum Gasteiger partial charge on any atom is -0.478 e. The number of nitrogens with one attached hydrogen (secondary N) is 1.